The number of hydrogen-bond acceptors (Lipinski definition) is 4. The number of nitrogens with one attached hydrogen (secondary N) is 1. The largest absolute Gasteiger partial charge is 0.497 e. The Hall–Kier alpha value is -2.24. The number of hydrogen-bond donors (Lipinski definition) is 1. The first-order chi connectivity index (χ1) is 10.1. The number of benzene rings is 1. The van der Waals surface area contributed by atoms with E-state index < -0.39 is 0 Å². The van der Waals surface area contributed by atoms with Gasteiger partial charge in [0.25, 0.3) is 0 Å². The van der Waals surface area contributed by atoms with E-state index in [1.165, 1.54) is 4.90 Å². The molecule has 114 valence electrons. The molecule has 6 nitrogen and oxygen atoms in total. The number of rotatable bonds is 6. The van der Waals surface area contributed by atoms with Crippen molar-refractivity contribution in [1.82, 2.24) is 10.2 Å². The second-order valence-electron chi connectivity index (χ2n) is 5.05. The van der Waals surface area contributed by atoms with Crippen molar-refractivity contribution in [3.8, 4) is 5.75 Å². The molecule has 1 aliphatic heterocycles. The van der Waals surface area contributed by atoms with Crippen molar-refractivity contribution in [2.75, 3.05) is 27.2 Å². The van der Waals surface area contributed by atoms with Crippen molar-refractivity contribution in [1.29, 1.82) is 0 Å². The van der Waals surface area contributed by atoms with Gasteiger partial charge in [0.15, 0.2) is 0 Å². The van der Waals surface area contributed by atoms with Gasteiger partial charge in [-0.15, -0.1) is 0 Å². The lowest BCUT2D eigenvalue weighted by Gasteiger charge is -2.09. The predicted molar refractivity (Wildman–Crippen MR) is 77.2 cm³/mol. The molecule has 1 aromatic rings. The van der Waals surface area contributed by atoms with Crippen molar-refractivity contribution in [3.05, 3.63) is 29.8 Å². The Morgan fingerprint density at radius 1 is 1.52 bits per heavy atom. The highest BCUT2D eigenvalue weighted by molar-refractivity contribution is 5.78. The van der Waals surface area contributed by atoms with E-state index in [4.69, 9.17) is 9.47 Å². The van der Waals surface area contributed by atoms with Crippen LogP contribution in [0, 0.1) is 0 Å². The van der Waals surface area contributed by atoms with E-state index in [1.807, 2.05) is 24.3 Å². The van der Waals surface area contributed by atoms with Crippen LogP contribution >= 0.6 is 0 Å². The molecule has 1 aromatic carbocycles. The Bertz CT molecular complexity index is 518. The molecule has 0 aromatic heterocycles. The van der Waals surface area contributed by atoms with Gasteiger partial charge in [-0.25, -0.2) is 4.79 Å². The Balaban J connectivity index is 1.71. The van der Waals surface area contributed by atoms with Crippen LogP contribution in [-0.4, -0.2) is 50.3 Å². The van der Waals surface area contributed by atoms with Gasteiger partial charge < -0.3 is 19.7 Å². The number of cyclic esters (lactones) is 1. The zero-order valence-electron chi connectivity index (χ0n) is 12.3. The normalized spacial score (nSPS) is 17.5. The highest BCUT2D eigenvalue weighted by Crippen LogP contribution is 2.13. The summed E-state index contributed by atoms with van der Waals surface area (Å²) in [6.07, 6.45) is 0.490. The zero-order chi connectivity index (χ0) is 15.2. The summed E-state index contributed by atoms with van der Waals surface area (Å²) in [4.78, 5) is 24.6. The van der Waals surface area contributed by atoms with Gasteiger partial charge in [-0.1, -0.05) is 12.1 Å². The highest BCUT2D eigenvalue weighted by atomic mass is 16.6. The van der Waals surface area contributed by atoms with Crippen LogP contribution in [0.25, 0.3) is 0 Å². The fourth-order valence-corrected chi connectivity index (χ4v) is 2.20. The number of amides is 2. The van der Waals surface area contributed by atoms with Crippen molar-refractivity contribution in [2.45, 2.75) is 18.9 Å². The molecule has 1 heterocycles. The van der Waals surface area contributed by atoms with Gasteiger partial charge >= 0.3 is 6.09 Å². The van der Waals surface area contributed by atoms with Crippen molar-refractivity contribution >= 4 is 12.0 Å². The third kappa shape index (κ3) is 4.37. The fourth-order valence-electron chi connectivity index (χ4n) is 2.20. The van der Waals surface area contributed by atoms with Crippen molar-refractivity contribution < 1.29 is 19.1 Å². The molecule has 0 saturated carbocycles. The summed E-state index contributed by atoms with van der Waals surface area (Å²) in [5, 5.41) is 2.84. The summed E-state index contributed by atoms with van der Waals surface area (Å²) in [5.41, 5.74) is 0.902. The van der Waals surface area contributed by atoms with Crippen LogP contribution in [0.15, 0.2) is 24.3 Å². The Morgan fingerprint density at radius 3 is 3.00 bits per heavy atom. The van der Waals surface area contributed by atoms with Crippen molar-refractivity contribution in [2.24, 2.45) is 0 Å². The quantitative estimate of drug-likeness (QED) is 0.855. The van der Waals surface area contributed by atoms with Gasteiger partial charge in [0.2, 0.25) is 5.91 Å². The molecule has 1 fully saturated rings. The van der Waals surface area contributed by atoms with Gasteiger partial charge in [-0.2, -0.15) is 0 Å². The number of nitrogens with zero attached hydrogens (tertiary/aromatic N) is 1. The summed E-state index contributed by atoms with van der Waals surface area (Å²) in [6.45, 7) is 1.07. The van der Waals surface area contributed by atoms with E-state index in [0.29, 0.717) is 25.9 Å². The van der Waals surface area contributed by atoms with Crippen LogP contribution in [0.2, 0.25) is 0 Å². The van der Waals surface area contributed by atoms with E-state index in [9.17, 15) is 9.59 Å². The van der Waals surface area contributed by atoms with Gasteiger partial charge in [0.1, 0.15) is 11.9 Å². The molecule has 0 spiro atoms. The molecule has 21 heavy (non-hydrogen) atoms. The minimum atomic E-state index is -0.303. The summed E-state index contributed by atoms with van der Waals surface area (Å²) >= 11 is 0. The van der Waals surface area contributed by atoms with Crippen LogP contribution < -0.4 is 10.1 Å². The fraction of sp³-hybridized carbons (Fsp3) is 0.467. The Labute approximate surface area is 124 Å². The number of ether oxygens (including phenoxy) is 2. The topological polar surface area (TPSA) is 67.9 Å². The molecule has 2 amide bonds. The molecule has 1 N–H and O–H groups in total. The molecule has 1 atom stereocenters. The molecule has 1 unspecified atom stereocenters. The monoisotopic (exact) mass is 292 g/mol. The first-order valence-electron chi connectivity index (χ1n) is 6.90. The number of likely N-dealkylation sites (N-methyl/N-ethyl adjacent to an activating group) is 1. The van der Waals surface area contributed by atoms with E-state index in [2.05, 4.69) is 5.32 Å². The molecule has 2 rings (SSSR count). The maximum absolute atomic E-state index is 11.8. The lowest BCUT2D eigenvalue weighted by molar-refractivity contribution is -0.120. The van der Waals surface area contributed by atoms with Gasteiger partial charge in [-0.05, 0) is 17.7 Å². The standard InChI is InChI=1S/C15H20N2O4/c1-17-10-13(21-15(17)19)6-7-16-14(18)9-11-4-3-5-12(8-11)20-2/h3-5,8,13H,6-7,9-10H2,1-2H3,(H,16,18). The second-order valence-corrected chi connectivity index (χ2v) is 5.05. The molecular formula is C15H20N2O4. The van der Waals surface area contributed by atoms with E-state index in [1.54, 1.807) is 14.2 Å². The molecule has 0 radical (unpaired) electrons. The summed E-state index contributed by atoms with van der Waals surface area (Å²) in [6, 6.07) is 7.42. The third-order valence-electron chi connectivity index (χ3n) is 3.34. The SMILES string of the molecule is COc1cccc(CC(=O)NCCC2CN(C)C(=O)O2)c1. The minimum Gasteiger partial charge on any atom is -0.497 e. The maximum Gasteiger partial charge on any atom is 0.409 e. The molecule has 1 aliphatic rings. The highest BCUT2D eigenvalue weighted by Gasteiger charge is 2.27. The van der Waals surface area contributed by atoms with Crippen LogP contribution in [-0.2, 0) is 16.0 Å². The number of carbonyl (C=O) groups is 2. The van der Waals surface area contributed by atoms with Crippen LogP contribution in [0.3, 0.4) is 0 Å². The number of carbonyl (C=O) groups excluding carboxylic acids is 2. The van der Waals surface area contributed by atoms with Crippen LogP contribution in [0.1, 0.15) is 12.0 Å². The average molecular weight is 292 g/mol. The lowest BCUT2D eigenvalue weighted by atomic mass is 10.1. The van der Waals surface area contributed by atoms with Crippen LogP contribution in [0.4, 0.5) is 4.79 Å². The Kier molecular flexibility index (Phi) is 5.03. The summed E-state index contributed by atoms with van der Waals surface area (Å²) in [5.74, 6) is 0.683. The average Bonchev–Trinajstić information content (AvgIpc) is 2.78. The molecule has 0 aliphatic carbocycles. The van der Waals surface area contributed by atoms with Gasteiger partial charge in [-0.3, -0.25) is 4.79 Å². The molecule has 6 heteroatoms. The van der Waals surface area contributed by atoms with Gasteiger partial charge in [0, 0.05) is 20.0 Å². The molecule has 1 saturated heterocycles. The second kappa shape index (κ2) is 6.97. The van der Waals surface area contributed by atoms with Gasteiger partial charge in [0.05, 0.1) is 20.1 Å². The first kappa shape index (κ1) is 15.2. The van der Waals surface area contributed by atoms with Crippen LogP contribution in [0.5, 0.6) is 5.75 Å². The summed E-state index contributed by atoms with van der Waals surface area (Å²) < 4.78 is 10.2. The smallest absolute Gasteiger partial charge is 0.409 e. The van der Waals surface area contributed by atoms with Crippen molar-refractivity contribution in [3.63, 3.8) is 0 Å². The minimum absolute atomic E-state index is 0.0547. The van der Waals surface area contributed by atoms with E-state index in [-0.39, 0.29) is 18.1 Å². The maximum atomic E-state index is 11.8. The molecule has 0 bridgehead atoms. The first-order valence-corrected chi connectivity index (χ1v) is 6.90. The third-order valence-corrected chi connectivity index (χ3v) is 3.34. The number of methoxy groups -OCH3 is 1. The summed E-state index contributed by atoms with van der Waals surface area (Å²) in [7, 11) is 3.29. The zero-order valence-corrected chi connectivity index (χ0v) is 12.3. The van der Waals surface area contributed by atoms with E-state index in [0.717, 1.165) is 11.3 Å². The lowest BCUT2D eigenvalue weighted by Crippen LogP contribution is -2.29. The van der Waals surface area contributed by atoms with E-state index >= 15 is 0 Å². The predicted octanol–water partition coefficient (Wildman–Crippen LogP) is 1.19. The Morgan fingerprint density at radius 2 is 2.33 bits per heavy atom. The molecular weight excluding hydrogens is 272 g/mol.